The number of anilines is 1. The SMILES string of the molecule is Cc1cc(CSc2ccccc2C(=O)Nc2ccc(OC3CCCC3)c(Cl)c2)on1. The van der Waals surface area contributed by atoms with Crippen LogP contribution in [-0.4, -0.2) is 17.2 Å². The lowest BCUT2D eigenvalue weighted by Gasteiger charge is -2.15. The first-order valence-corrected chi connectivity index (χ1v) is 11.4. The number of halogens is 1. The highest BCUT2D eigenvalue weighted by molar-refractivity contribution is 7.98. The summed E-state index contributed by atoms with van der Waals surface area (Å²) in [6.07, 6.45) is 4.77. The molecule has 7 heteroatoms. The van der Waals surface area contributed by atoms with Gasteiger partial charge in [0.05, 0.1) is 28.1 Å². The topological polar surface area (TPSA) is 64.4 Å². The van der Waals surface area contributed by atoms with Crippen LogP contribution in [0.3, 0.4) is 0 Å². The lowest BCUT2D eigenvalue weighted by Crippen LogP contribution is -2.14. The zero-order chi connectivity index (χ0) is 20.9. The van der Waals surface area contributed by atoms with E-state index in [0.717, 1.165) is 29.2 Å². The molecule has 2 aromatic carbocycles. The van der Waals surface area contributed by atoms with Crippen LogP contribution in [0.2, 0.25) is 5.02 Å². The van der Waals surface area contributed by atoms with Gasteiger partial charge >= 0.3 is 0 Å². The van der Waals surface area contributed by atoms with Crippen molar-refractivity contribution >= 4 is 35.0 Å². The Morgan fingerprint density at radius 3 is 2.77 bits per heavy atom. The Kier molecular flexibility index (Phi) is 6.65. The number of nitrogens with zero attached hydrogens (tertiary/aromatic N) is 1. The Bertz CT molecular complexity index is 1030. The summed E-state index contributed by atoms with van der Waals surface area (Å²) in [5.74, 6) is 1.86. The van der Waals surface area contributed by atoms with Gasteiger partial charge in [-0.1, -0.05) is 28.9 Å². The summed E-state index contributed by atoms with van der Waals surface area (Å²) in [7, 11) is 0. The van der Waals surface area contributed by atoms with E-state index < -0.39 is 0 Å². The minimum Gasteiger partial charge on any atom is -0.489 e. The monoisotopic (exact) mass is 442 g/mol. The first-order chi connectivity index (χ1) is 14.6. The van der Waals surface area contributed by atoms with Crippen LogP contribution in [-0.2, 0) is 5.75 Å². The second-order valence-electron chi connectivity index (χ2n) is 7.34. The molecule has 1 aromatic heterocycles. The van der Waals surface area contributed by atoms with Gasteiger partial charge in [0.2, 0.25) is 0 Å². The average molecular weight is 443 g/mol. The summed E-state index contributed by atoms with van der Waals surface area (Å²) in [6, 6.07) is 14.8. The molecule has 1 fully saturated rings. The molecule has 4 rings (SSSR count). The third kappa shape index (κ3) is 5.18. The van der Waals surface area contributed by atoms with Crippen LogP contribution in [0.1, 0.15) is 47.5 Å². The van der Waals surface area contributed by atoms with Crippen molar-refractivity contribution in [2.45, 2.75) is 49.4 Å². The third-order valence-electron chi connectivity index (χ3n) is 4.96. The van der Waals surface area contributed by atoms with Crippen molar-refractivity contribution in [3.8, 4) is 5.75 Å². The van der Waals surface area contributed by atoms with Crippen LogP contribution in [0.15, 0.2) is 57.9 Å². The van der Waals surface area contributed by atoms with Crippen LogP contribution < -0.4 is 10.1 Å². The van der Waals surface area contributed by atoms with Gasteiger partial charge < -0.3 is 14.6 Å². The highest BCUT2D eigenvalue weighted by Crippen LogP contribution is 2.32. The Morgan fingerprint density at radius 2 is 2.03 bits per heavy atom. The van der Waals surface area contributed by atoms with E-state index >= 15 is 0 Å². The van der Waals surface area contributed by atoms with E-state index in [1.807, 2.05) is 49.4 Å². The fraction of sp³-hybridized carbons (Fsp3) is 0.304. The van der Waals surface area contributed by atoms with Crippen LogP contribution >= 0.6 is 23.4 Å². The summed E-state index contributed by atoms with van der Waals surface area (Å²) in [5, 5.41) is 7.34. The molecule has 1 heterocycles. The number of benzene rings is 2. The van der Waals surface area contributed by atoms with Crippen LogP contribution in [0, 0.1) is 6.92 Å². The summed E-state index contributed by atoms with van der Waals surface area (Å²) in [4.78, 5) is 13.8. The number of thioether (sulfide) groups is 1. The maximum absolute atomic E-state index is 12.9. The first-order valence-electron chi connectivity index (χ1n) is 10.00. The number of carbonyl (C=O) groups is 1. The number of carbonyl (C=O) groups excluding carboxylic acids is 1. The quantitative estimate of drug-likeness (QED) is 0.423. The van der Waals surface area contributed by atoms with Gasteiger partial charge in [-0.25, -0.2) is 0 Å². The number of aromatic nitrogens is 1. The molecular weight excluding hydrogens is 420 g/mol. The van der Waals surface area contributed by atoms with Gasteiger partial charge in [-0.05, 0) is 62.9 Å². The molecule has 5 nitrogen and oxygen atoms in total. The number of hydrogen-bond donors (Lipinski definition) is 1. The van der Waals surface area contributed by atoms with Crippen LogP contribution in [0.5, 0.6) is 5.75 Å². The van der Waals surface area contributed by atoms with E-state index in [2.05, 4.69) is 10.5 Å². The van der Waals surface area contributed by atoms with Crippen LogP contribution in [0.25, 0.3) is 0 Å². The van der Waals surface area contributed by atoms with Gasteiger partial charge in [0.15, 0.2) is 0 Å². The second-order valence-corrected chi connectivity index (χ2v) is 8.77. The molecule has 0 aliphatic heterocycles. The molecule has 1 amide bonds. The zero-order valence-corrected chi connectivity index (χ0v) is 18.3. The van der Waals surface area contributed by atoms with E-state index in [4.69, 9.17) is 20.9 Å². The normalized spacial score (nSPS) is 14.1. The smallest absolute Gasteiger partial charge is 0.256 e. The lowest BCUT2D eigenvalue weighted by atomic mass is 10.2. The molecule has 156 valence electrons. The summed E-state index contributed by atoms with van der Waals surface area (Å²) < 4.78 is 11.2. The van der Waals surface area contributed by atoms with Gasteiger partial charge in [-0.15, -0.1) is 11.8 Å². The molecule has 30 heavy (non-hydrogen) atoms. The van der Waals surface area contributed by atoms with Gasteiger partial charge in [0, 0.05) is 16.6 Å². The molecule has 0 atom stereocenters. The highest BCUT2D eigenvalue weighted by Gasteiger charge is 2.18. The standard InChI is InChI=1S/C23H23ClN2O3S/c1-15-12-18(29-26-15)14-30-22-9-5-4-8-19(22)23(27)25-16-10-11-21(20(24)13-16)28-17-6-2-3-7-17/h4-5,8-13,17H,2-3,6-7,14H2,1H3,(H,25,27). The number of nitrogens with one attached hydrogen (secondary N) is 1. The lowest BCUT2D eigenvalue weighted by molar-refractivity contribution is 0.102. The summed E-state index contributed by atoms with van der Waals surface area (Å²) >= 11 is 7.93. The molecule has 1 N–H and O–H groups in total. The molecular formula is C23H23ClN2O3S. The van der Waals surface area contributed by atoms with E-state index in [0.29, 0.717) is 27.8 Å². The zero-order valence-electron chi connectivity index (χ0n) is 16.7. The second kappa shape index (κ2) is 9.58. The molecule has 0 spiro atoms. The Labute approximate surface area is 185 Å². The molecule has 1 aliphatic carbocycles. The molecule has 0 saturated heterocycles. The van der Waals surface area contributed by atoms with Gasteiger partial charge in [-0.3, -0.25) is 4.79 Å². The number of rotatable bonds is 7. The van der Waals surface area contributed by atoms with Crippen molar-refractivity contribution in [2.24, 2.45) is 0 Å². The predicted octanol–water partition coefficient (Wildman–Crippen LogP) is 6.50. The predicted molar refractivity (Wildman–Crippen MR) is 120 cm³/mol. The molecule has 0 radical (unpaired) electrons. The fourth-order valence-corrected chi connectivity index (χ4v) is 4.62. The Balaban J connectivity index is 1.42. The average Bonchev–Trinajstić information content (AvgIpc) is 3.40. The van der Waals surface area contributed by atoms with Gasteiger partial charge in [-0.2, -0.15) is 0 Å². The van der Waals surface area contributed by atoms with Crippen molar-refractivity contribution in [3.05, 3.63) is 70.6 Å². The van der Waals surface area contributed by atoms with E-state index in [1.54, 1.807) is 6.07 Å². The summed E-state index contributed by atoms with van der Waals surface area (Å²) in [6.45, 7) is 1.88. The van der Waals surface area contributed by atoms with Crippen molar-refractivity contribution < 1.29 is 14.1 Å². The largest absolute Gasteiger partial charge is 0.489 e. The number of aryl methyl sites for hydroxylation is 1. The van der Waals surface area contributed by atoms with E-state index in [1.165, 1.54) is 24.6 Å². The first kappa shape index (κ1) is 20.8. The van der Waals surface area contributed by atoms with E-state index in [9.17, 15) is 4.79 Å². The molecule has 0 unspecified atom stereocenters. The molecule has 1 saturated carbocycles. The molecule has 0 bridgehead atoms. The summed E-state index contributed by atoms with van der Waals surface area (Å²) in [5.41, 5.74) is 2.07. The van der Waals surface area contributed by atoms with Crippen LogP contribution in [0.4, 0.5) is 5.69 Å². The Hall–Kier alpha value is -2.44. The molecule has 1 aliphatic rings. The Morgan fingerprint density at radius 1 is 1.23 bits per heavy atom. The van der Waals surface area contributed by atoms with Crippen molar-refractivity contribution in [1.29, 1.82) is 0 Å². The number of hydrogen-bond acceptors (Lipinski definition) is 5. The maximum atomic E-state index is 12.9. The maximum Gasteiger partial charge on any atom is 0.256 e. The number of ether oxygens (including phenoxy) is 1. The van der Waals surface area contributed by atoms with Crippen molar-refractivity contribution in [1.82, 2.24) is 5.16 Å². The van der Waals surface area contributed by atoms with Gasteiger partial charge in [0.25, 0.3) is 5.91 Å². The third-order valence-corrected chi connectivity index (χ3v) is 6.36. The van der Waals surface area contributed by atoms with Crippen molar-refractivity contribution in [2.75, 3.05) is 5.32 Å². The van der Waals surface area contributed by atoms with Gasteiger partial charge in [0.1, 0.15) is 11.5 Å². The number of amides is 1. The fourth-order valence-electron chi connectivity index (χ4n) is 3.47. The van der Waals surface area contributed by atoms with Crippen molar-refractivity contribution in [3.63, 3.8) is 0 Å². The minimum atomic E-state index is -0.188. The highest BCUT2D eigenvalue weighted by atomic mass is 35.5. The minimum absolute atomic E-state index is 0.188. The molecule has 3 aromatic rings. The van der Waals surface area contributed by atoms with E-state index in [-0.39, 0.29) is 12.0 Å².